The highest BCUT2D eigenvalue weighted by Crippen LogP contribution is 2.29. The van der Waals surface area contributed by atoms with E-state index < -0.39 is 11.9 Å². The maximum atomic E-state index is 13.0. The average Bonchev–Trinajstić information content (AvgIpc) is 3.05. The number of pyridine rings is 1. The summed E-state index contributed by atoms with van der Waals surface area (Å²) >= 11 is 0. The van der Waals surface area contributed by atoms with Crippen molar-refractivity contribution in [1.29, 1.82) is 0 Å². The van der Waals surface area contributed by atoms with Crippen LogP contribution in [0.25, 0.3) is 28.3 Å². The molecule has 0 fully saturated rings. The molecule has 0 aliphatic heterocycles. The van der Waals surface area contributed by atoms with Crippen LogP contribution in [-0.2, 0) is 6.18 Å². The molecule has 0 saturated carbocycles. The highest BCUT2D eigenvalue weighted by molar-refractivity contribution is 5.66. The monoisotopic (exact) mass is 358 g/mol. The molecule has 130 valence electrons. The quantitative estimate of drug-likeness (QED) is 0.491. The van der Waals surface area contributed by atoms with E-state index in [4.69, 9.17) is 0 Å². The molecule has 0 unspecified atom stereocenters. The van der Waals surface area contributed by atoms with E-state index in [0.29, 0.717) is 17.0 Å². The Kier molecular flexibility index (Phi) is 3.68. The Balaban J connectivity index is 1.70. The van der Waals surface area contributed by atoms with Gasteiger partial charge in [-0.05, 0) is 42.5 Å². The number of alkyl halides is 3. The third-order valence-corrected chi connectivity index (χ3v) is 3.87. The van der Waals surface area contributed by atoms with E-state index in [0.717, 1.165) is 11.6 Å². The summed E-state index contributed by atoms with van der Waals surface area (Å²) in [6, 6.07) is 10.4. The molecule has 3 heterocycles. The second-order valence-corrected chi connectivity index (χ2v) is 5.56. The fourth-order valence-corrected chi connectivity index (χ4v) is 2.58. The highest BCUT2D eigenvalue weighted by Gasteiger charge is 2.33. The molecule has 4 nitrogen and oxygen atoms in total. The van der Waals surface area contributed by atoms with E-state index in [1.165, 1.54) is 28.9 Å². The molecule has 0 bridgehead atoms. The smallest absolute Gasteiger partial charge is 0.284 e. The van der Waals surface area contributed by atoms with Gasteiger partial charge in [-0.15, -0.1) is 0 Å². The highest BCUT2D eigenvalue weighted by atomic mass is 19.4. The van der Waals surface area contributed by atoms with Crippen molar-refractivity contribution in [2.75, 3.05) is 0 Å². The van der Waals surface area contributed by atoms with Gasteiger partial charge in [-0.25, -0.2) is 14.4 Å². The lowest BCUT2D eigenvalue weighted by atomic mass is 10.1. The summed E-state index contributed by atoms with van der Waals surface area (Å²) in [6.45, 7) is 0. The zero-order valence-electron chi connectivity index (χ0n) is 13.1. The van der Waals surface area contributed by atoms with Crippen LogP contribution >= 0.6 is 0 Å². The van der Waals surface area contributed by atoms with E-state index in [-0.39, 0.29) is 11.6 Å². The molecule has 1 aromatic carbocycles. The van der Waals surface area contributed by atoms with Crippen LogP contribution < -0.4 is 0 Å². The molecular weight excluding hydrogens is 348 g/mol. The Morgan fingerprint density at radius 3 is 2.19 bits per heavy atom. The number of nitrogens with zero attached hydrogens (tertiary/aromatic N) is 4. The van der Waals surface area contributed by atoms with Gasteiger partial charge in [0.1, 0.15) is 11.5 Å². The Morgan fingerprint density at radius 1 is 0.808 bits per heavy atom. The first-order valence-corrected chi connectivity index (χ1v) is 7.55. The van der Waals surface area contributed by atoms with Crippen molar-refractivity contribution >= 4 is 5.78 Å². The molecule has 0 saturated heterocycles. The Bertz CT molecular complexity index is 1070. The van der Waals surface area contributed by atoms with E-state index in [2.05, 4.69) is 15.0 Å². The van der Waals surface area contributed by atoms with Crippen LogP contribution in [0.3, 0.4) is 0 Å². The number of halogens is 4. The predicted molar refractivity (Wildman–Crippen MR) is 86.6 cm³/mol. The summed E-state index contributed by atoms with van der Waals surface area (Å²) < 4.78 is 52.7. The molecular formula is C18H10F4N4. The standard InChI is InChI=1S/C18H10F4N4/c19-13-4-1-11(2-5-13)14-6-3-12(9-23-14)15-10-24-17-25-16(18(20,21)22)7-8-26(15)17/h1-10H. The number of fused-ring (bicyclic) bond motifs is 1. The third kappa shape index (κ3) is 2.90. The van der Waals surface area contributed by atoms with Crippen LogP contribution in [0.1, 0.15) is 5.69 Å². The van der Waals surface area contributed by atoms with Gasteiger partial charge in [0.2, 0.25) is 5.78 Å². The number of imidazole rings is 1. The molecule has 0 radical (unpaired) electrons. The second-order valence-electron chi connectivity index (χ2n) is 5.56. The summed E-state index contributed by atoms with van der Waals surface area (Å²) in [6.07, 6.45) is -0.218. The van der Waals surface area contributed by atoms with Gasteiger partial charge >= 0.3 is 6.18 Å². The zero-order valence-corrected chi connectivity index (χ0v) is 13.1. The Morgan fingerprint density at radius 2 is 1.54 bits per heavy atom. The van der Waals surface area contributed by atoms with Crippen LogP contribution in [-0.4, -0.2) is 19.4 Å². The minimum atomic E-state index is -4.52. The van der Waals surface area contributed by atoms with Crippen LogP contribution in [0.2, 0.25) is 0 Å². The van der Waals surface area contributed by atoms with Crippen molar-refractivity contribution in [3.8, 4) is 22.5 Å². The molecule has 3 aromatic heterocycles. The maximum absolute atomic E-state index is 13.0. The molecule has 0 N–H and O–H groups in total. The van der Waals surface area contributed by atoms with Gasteiger partial charge in [-0.2, -0.15) is 13.2 Å². The molecule has 4 aromatic rings. The number of rotatable bonds is 2. The summed E-state index contributed by atoms with van der Waals surface area (Å²) in [4.78, 5) is 11.8. The summed E-state index contributed by atoms with van der Waals surface area (Å²) in [7, 11) is 0. The van der Waals surface area contributed by atoms with Gasteiger partial charge in [0, 0.05) is 23.5 Å². The largest absolute Gasteiger partial charge is 0.433 e. The van der Waals surface area contributed by atoms with Gasteiger partial charge in [0.15, 0.2) is 0 Å². The van der Waals surface area contributed by atoms with Gasteiger partial charge in [-0.3, -0.25) is 9.38 Å². The first kappa shape index (κ1) is 16.2. The SMILES string of the molecule is Fc1ccc(-c2ccc(-c3cnc4nc(C(F)(F)F)ccn34)cn2)cc1. The first-order valence-electron chi connectivity index (χ1n) is 7.55. The summed E-state index contributed by atoms with van der Waals surface area (Å²) in [5.74, 6) is -0.376. The summed E-state index contributed by atoms with van der Waals surface area (Å²) in [5, 5.41) is 0. The van der Waals surface area contributed by atoms with E-state index in [1.54, 1.807) is 30.5 Å². The van der Waals surface area contributed by atoms with Gasteiger partial charge in [0.25, 0.3) is 0 Å². The van der Waals surface area contributed by atoms with Crippen LogP contribution in [0.4, 0.5) is 17.6 Å². The normalized spacial score (nSPS) is 11.8. The van der Waals surface area contributed by atoms with Gasteiger partial charge in [-0.1, -0.05) is 0 Å². The zero-order chi connectivity index (χ0) is 18.3. The lowest BCUT2D eigenvalue weighted by Crippen LogP contribution is -2.09. The second kappa shape index (κ2) is 5.91. The van der Waals surface area contributed by atoms with Crippen molar-refractivity contribution in [3.63, 3.8) is 0 Å². The lowest BCUT2D eigenvalue weighted by molar-refractivity contribution is -0.141. The van der Waals surface area contributed by atoms with Gasteiger partial charge < -0.3 is 0 Å². The average molecular weight is 358 g/mol. The Labute approximate surface area is 144 Å². The summed E-state index contributed by atoms with van der Waals surface area (Å²) in [5.41, 5.74) is 1.66. The fraction of sp³-hybridized carbons (Fsp3) is 0.0556. The number of hydrogen-bond acceptors (Lipinski definition) is 3. The van der Waals surface area contributed by atoms with Crippen LogP contribution in [0.15, 0.2) is 61.1 Å². The van der Waals surface area contributed by atoms with E-state index in [1.807, 2.05) is 0 Å². The topological polar surface area (TPSA) is 43.1 Å². The number of benzene rings is 1. The molecule has 0 aliphatic rings. The van der Waals surface area contributed by atoms with Crippen LogP contribution in [0.5, 0.6) is 0 Å². The molecule has 0 aliphatic carbocycles. The molecule has 4 rings (SSSR count). The molecule has 0 amide bonds. The fourth-order valence-electron chi connectivity index (χ4n) is 2.58. The minimum absolute atomic E-state index is 0.0440. The third-order valence-electron chi connectivity index (χ3n) is 3.87. The van der Waals surface area contributed by atoms with Crippen molar-refractivity contribution < 1.29 is 17.6 Å². The van der Waals surface area contributed by atoms with Crippen LogP contribution in [0, 0.1) is 5.82 Å². The molecule has 0 atom stereocenters. The maximum Gasteiger partial charge on any atom is 0.433 e. The van der Waals surface area contributed by atoms with Crippen molar-refractivity contribution in [3.05, 3.63) is 72.6 Å². The van der Waals surface area contributed by atoms with Crippen molar-refractivity contribution in [2.24, 2.45) is 0 Å². The molecule has 0 spiro atoms. The van der Waals surface area contributed by atoms with Gasteiger partial charge in [0.05, 0.1) is 17.6 Å². The Hall–Kier alpha value is -3.29. The van der Waals surface area contributed by atoms with E-state index >= 15 is 0 Å². The molecule has 8 heteroatoms. The van der Waals surface area contributed by atoms with E-state index in [9.17, 15) is 17.6 Å². The lowest BCUT2D eigenvalue weighted by Gasteiger charge is -2.07. The molecule has 26 heavy (non-hydrogen) atoms. The first-order chi connectivity index (χ1) is 12.4. The number of aromatic nitrogens is 4. The minimum Gasteiger partial charge on any atom is -0.284 e. The van der Waals surface area contributed by atoms with Crippen molar-refractivity contribution in [1.82, 2.24) is 19.4 Å². The van der Waals surface area contributed by atoms with Crippen molar-refractivity contribution in [2.45, 2.75) is 6.18 Å². The number of hydrogen-bond donors (Lipinski definition) is 0. The predicted octanol–water partition coefficient (Wildman–Crippen LogP) is 4.62.